The van der Waals surface area contributed by atoms with Gasteiger partial charge in [0, 0.05) is 30.5 Å². The lowest BCUT2D eigenvalue weighted by Gasteiger charge is -2.12. The second-order valence-electron chi connectivity index (χ2n) is 7.25. The van der Waals surface area contributed by atoms with Crippen molar-refractivity contribution in [1.82, 2.24) is 25.2 Å². The number of aromatic nitrogens is 3. The summed E-state index contributed by atoms with van der Waals surface area (Å²) in [5.74, 6) is -2.46. The van der Waals surface area contributed by atoms with E-state index in [1.54, 1.807) is 22.8 Å². The van der Waals surface area contributed by atoms with Crippen molar-refractivity contribution in [3.8, 4) is 0 Å². The molecule has 2 heterocycles. The molecule has 2 amide bonds. The molecule has 0 spiro atoms. The van der Waals surface area contributed by atoms with Gasteiger partial charge in [-0.3, -0.25) is 9.59 Å². The summed E-state index contributed by atoms with van der Waals surface area (Å²) in [6.45, 7) is 8.69. The molecule has 13 heteroatoms. The van der Waals surface area contributed by atoms with Gasteiger partial charge in [-0.25, -0.2) is 14.3 Å². The van der Waals surface area contributed by atoms with Gasteiger partial charge in [0.25, 0.3) is 11.8 Å². The third-order valence-corrected chi connectivity index (χ3v) is 4.74. The first-order chi connectivity index (χ1) is 16.4. The Morgan fingerprint density at radius 1 is 1.06 bits per heavy atom. The molecule has 0 aliphatic carbocycles. The number of carbonyl (C=O) groups is 3. The van der Waals surface area contributed by atoms with E-state index in [2.05, 4.69) is 26.0 Å². The average molecular weight is 494 g/mol. The zero-order valence-electron chi connectivity index (χ0n) is 19.4. The Labute approximate surface area is 198 Å². The maximum atomic E-state index is 12.3. The van der Waals surface area contributed by atoms with E-state index in [0.717, 1.165) is 16.8 Å². The molecule has 0 saturated heterocycles. The highest BCUT2D eigenvalue weighted by molar-refractivity contribution is 5.99. The second-order valence-corrected chi connectivity index (χ2v) is 7.25. The number of hydrogen-bond acceptors (Lipinski definition) is 6. The smallest absolute Gasteiger partial charge is 0.475 e. The van der Waals surface area contributed by atoms with Gasteiger partial charge >= 0.3 is 12.1 Å². The molecule has 0 aliphatic rings. The van der Waals surface area contributed by atoms with Crippen molar-refractivity contribution in [2.45, 2.75) is 33.9 Å². The molecule has 4 N–H and O–H groups in total. The van der Waals surface area contributed by atoms with Crippen LogP contribution in [-0.4, -0.2) is 56.8 Å². The molecule has 0 aliphatic heterocycles. The minimum Gasteiger partial charge on any atom is -0.475 e. The number of alkyl halides is 3. The quantitative estimate of drug-likeness (QED) is 0.413. The van der Waals surface area contributed by atoms with Crippen LogP contribution >= 0.6 is 0 Å². The van der Waals surface area contributed by atoms with Crippen LogP contribution in [0, 0.1) is 13.8 Å². The van der Waals surface area contributed by atoms with Crippen LogP contribution < -0.4 is 16.0 Å². The van der Waals surface area contributed by atoms with Crippen LogP contribution in [0.1, 0.15) is 45.7 Å². The summed E-state index contributed by atoms with van der Waals surface area (Å²) >= 11 is 0. The number of carboxylic acids is 1. The van der Waals surface area contributed by atoms with Crippen LogP contribution in [0.3, 0.4) is 0 Å². The lowest BCUT2D eigenvalue weighted by molar-refractivity contribution is -0.192. The molecular formula is C22H25F3N6O4. The summed E-state index contributed by atoms with van der Waals surface area (Å²) < 4.78 is 33.4. The number of anilines is 2. The second kappa shape index (κ2) is 11.3. The molecule has 0 unspecified atom stereocenters. The van der Waals surface area contributed by atoms with Crippen LogP contribution in [0.25, 0.3) is 5.52 Å². The summed E-state index contributed by atoms with van der Waals surface area (Å²) in [5, 5.41) is 20.2. The standard InChI is InChI=1S/C20H24N6O2.C2HF3O2/c1-5-21-19(27)14-8-7-12(3)16(9-14)25-18-17-13(4)15(20(28)22-6-2)10-26(17)24-11-23-18;3-2(4,5)1(6)7/h7-11H,5-6H2,1-4H3,(H,21,27)(H,22,28)(H,23,24,25);(H,6,7). The van der Waals surface area contributed by atoms with Crippen molar-refractivity contribution in [2.24, 2.45) is 0 Å². The van der Waals surface area contributed by atoms with Crippen LogP contribution in [0.5, 0.6) is 0 Å². The highest BCUT2D eigenvalue weighted by atomic mass is 19.4. The maximum absolute atomic E-state index is 12.3. The Hall–Kier alpha value is -4.16. The van der Waals surface area contributed by atoms with Gasteiger partial charge in [0.1, 0.15) is 11.8 Å². The molecular weight excluding hydrogens is 469 g/mol. The Balaban J connectivity index is 0.000000540. The van der Waals surface area contributed by atoms with E-state index in [4.69, 9.17) is 9.90 Å². The summed E-state index contributed by atoms with van der Waals surface area (Å²) in [6, 6.07) is 5.47. The van der Waals surface area contributed by atoms with Crippen molar-refractivity contribution in [3.05, 3.63) is 53.0 Å². The zero-order valence-corrected chi connectivity index (χ0v) is 19.4. The molecule has 10 nitrogen and oxygen atoms in total. The first kappa shape index (κ1) is 27.1. The van der Waals surface area contributed by atoms with E-state index >= 15 is 0 Å². The SMILES string of the molecule is CCNC(=O)c1ccc(C)c(Nc2ncnn3cc(C(=O)NCC)c(C)c23)c1.O=C(O)C(F)(F)F. The average Bonchev–Trinajstić information content (AvgIpc) is 3.13. The normalized spacial score (nSPS) is 10.8. The summed E-state index contributed by atoms with van der Waals surface area (Å²) in [5.41, 5.74) is 4.36. The number of aryl methyl sites for hydroxylation is 2. The molecule has 3 aromatic rings. The molecule has 188 valence electrons. The number of halogens is 3. The van der Waals surface area contributed by atoms with Gasteiger partial charge in [-0.1, -0.05) is 6.07 Å². The molecule has 1 aromatic carbocycles. The summed E-state index contributed by atoms with van der Waals surface area (Å²) in [6.07, 6.45) is -1.96. The van der Waals surface area contributed by atoms with Crippen LogP contribution in [0.15, 0.2) is 30.7 Å². The predicted molar refractivity (Wildman–Crippen MR) is 122 cm³/mol. The summed E-state index contributed by atoms with van der Waals surface area (Å²) in [4.78, 5) is 37.7. The predicted octanol–water partition coefficient (Wildman–Crippen LogP) is 3.22. The van der Waals surface area contributed by atoms with E-state index in [-0.39, 0.29) is 11.8 Å². The molecule has 3 rings (SSSR count). The van der Waals surface area contributed by atoms with Crippen LogP contribution in [-0.2, 0) is 4.79 Å². The lowest BCUT2D eigenvalue weighted by Crippen LogP contribution is -2.22. The number of hydrogen-bond donors (Lipinski definition) is 4. The molecule has 0 radical (unpaired) electrons. The van der Waals surface area contributed by atoms with Crippen LogP contribution in [0.4, 0.5) is 24.7 Å². The minimum atomic E-state index is -5.08. The van der Waals surface area contributed by atoms with E-state index in [1.165, 1.54) is 6.33 Å². The van der Waals surface area contributed by atoms with Crippen molar-refractivity contribution in [3.63, 3.8) is 0 Å². The number of carboxylic acid groups (broad SMARTS) is 1. The Morgan fingerprint density at radius 3 is 2.23 bits per heavy atom. The van der Waals surface area contributed by atoms with E-state index in [1.807, 2.05) is 33.8 Å². The van der Waals surface area contributed by atoms with E-state index in [9.17, 15) is 22.8 Å². The van der Waals surface area contributed by atoms with E-state index < -0.39 is 12.1 Å². The van der Waals surface area contributed by atoms with Gasteiger partial charge in [0.05, 0.1) is 5.56 Å². The highest BCUT2D eigenvalue weighted by Crippen LogP contribution is 2.27. The van der Waals surface area contributed by atoms with Crippen LogP contribution in [0.2, 0.25) is 0 Å². The Morgan fingerprint density at radius 2 is 1.66 bits per heavy atom. The fraction of sp³-hybridized carbons (Fsp3) is 0.318. The number of aliphatic carboxylic acids is 1. The third kappa shape index (κ3) is 6.68. The number of nitrogens with one attached hydrogen (secondary N) is 3. The van der Waals surface area contributed by atoms with Crippen molar-refractivity contribution in [2.75, 3.05) is 18.4 Å². The van der Waals surface area contributed by atoms with Gasteiger partial charge in [0.15, 0.2) is 5.82 Å². The van der Waals surface area contributed by atoms with Gasteiger partial charge in [-0.15, -0.1) is 0 Å². The maximum Gasteiger partial charge on any atom is 0.490 e. The van der Waals surface area contributed by atoms with E-state index in [0.29, 0.717) is 35.6 Å². The molecule has 0 atom stereocenters. The molecule has 35 heavy (non-hydrogen) atoms. The molecule has 2 aromatic heterocycles. The van der Waals surface area contributed by atoms with Gasteiger partial charge in [-0.2, -0.15) is 18.3 Å². The third-order valence-electron chi connectivity index (χ3n) is 4.74. The molecule has 0 bridgehead atoms. The van der Waals surface area contributed by atoms with Gasteiger partial charge < -0.3 is 21.1 Å². The minimum absolute atomic E-state index is 0.129. The van der Waals surface area contributed by atoms with Crippen molar-refractivity contribution >= 4 is 34.8 Å². The first-order valence-corrected chi connectivity index (χ1v) is 10.5. The summed E-state index contributed by atoms with van der Waals surface area (Å²) in [7, 11) is 0. The highest BCUT2D eigenvalue weighted by Gasteiger charge is 2.38. The number of fused-ring (bicyclic) bond motifs is 1. The monoisotopic (exact) mass is 494 g/mol. The van der Waals surface area contributed by atoms with Crippen molar-refractivity contribution < 1.29 is 32.7 Å². The van der Waals surface area contributed by atoms with Gasteiger partial charge in [0.2, 0.25) is 0 Å². The number of benzene rings is 1. The number of carbonyl (C=O) groups excluding carboxylic acids is 2. The number of rotatable bonds is 6. The van der Waals surface area contributed by atoms with Crippen molar-refractivity contribution in [1.29, 1.82) is 0 Å². The Kier molecular flexibility index (Phi) is 8.75. The molecule has 0 fully saturated rings. The lowest BCUT2D eigenvalue weighted by atomic mass is 10.1. The number of amides is 2. The molecule has 0 saturated carbocycles. The first-order valence-electron chi connectivity index (χ1n) is 10.5. The number of nitrogens with zero attached hydrogens (tertiary/aromatic N) is 3. The zero-order chi connectivity index (χ0) is 26.3. The van der Waals surface area contributed by atoms with Gasteiger partial charge in [-0.05, 0) is 51.0 Å². The Bertz CT molecular complexity index is 1240. The fourth-order valence-electron chi connectivity index (χ4n) is 3.02. The topological polar surface area (TPSA) is 138 Å². The fourth-order valence-corrected chi connectivity index (χ4v) is 3.02. The largest absolute Gasteiger partial charge is 0.490 e.